The topological polar surface area (TPSA) is 120 Å². The zero-order valence-corrected chi connectivity index (χ0v) is 17.4. The number of methoxy groups -OCH3 is 1. The number of anilines is 1. The molecule has 9 nitrogen and oxygen atoms in total. The summed E-state index contributed by atoms with van der Waals surface area (Å²) in [6.07, 6.45) is 0. The Kier molecular flexibility index (Phi) is 8.14. The summed E-state index contributed by atoms with van der Waals surface area (Å²) in [5.74, 6) is -0.666. The molecule has 0 radical (unpaired) electrons. The Bertz CT molecular complexity index is 917. The van der Waals surface area contributed by atoms with Crippen LogP contribution in [0.3, 0.4) is 0 Å². The molecule has 2 N–H and O–H groups in total. The van der Waals surface area contributed by atoms with Crippen molar-refractivity contribution in [1.29, 1.82) is 0 Å². The molecule has 2 aromatic carbocycles. The minimum absolute atomic E-state index is 0.0420. The first-order chi connectivity index (χ1) is 14.2. The van der Waals surface area contributed by atoms with Gasteiger partial charge in [-0.3, -0.25) is 19.7 Å². The fraction of sp³-hybridized carbons (Fsp3) is 0.300. The zero-order chi connectivity index (χ0) is 22.3. The quantitative estimate of drug-likeness (QED) is 0.352. The molecule has 0 heterocycles. The van der Waals surface area contributed by atoms with Gasteiger partial charge in [-0.1, -0.05) is 25.4 Å². The maximum Gasteiger partial charge on any atom is 0.270 e. The van der Waals surface area contributed by atoms with Crippen LogP contribution < -0.4 is 15.4 Å². The van der Waals surface area contributed by atoms with Gasteiger partial charge in [-0.2, -0.15) is 0 Å². The monoisotopic (exact) mass is 435 g/mol. The van der Waals surface area contributed by atoms with Crippen LogP contribution in [0.2, 0.25) is 5.02 Å². The molecule has 2 aromatic rings. The molecule has 0 unspecified atom stereocenters. The van der Waals surface area contributed by atoms with Crippen molar-refractivity contribution in [1.82, 2.24) is 5.32 Å². The Balaban J connectivity index is 2.08. The number of hydrogen-bond donors (Lipinski definition) is 2. The highest BCUT2D eigenvalue weighted by atomic mass is 35.5. The number of hydrogen-bond acceptors (Lipinski definition) is 6. The molecule has 0 spiro atoms. The number of nitro benzene ring substituents is 1. The van der Waals surface area contributed by atoms with Crippen LogP contribution in [0.1, 0.15) is 24.2 Å². The average molecular weight is 436 g/mol. The summed E-state index contributed by atoms with van der Waals surface area (Å²) in [6.45, 7) is 3.67. The molecule has 10 heteroatoms. The minimum Gasteiger partial charge on any atom is -0.468 e. The minimum atomic E-state index is -0.854. The fourth-order valence-corrected chi connectivity index (χ4v) is 2.80. The van der Waals surface area contributed by atoms with E-state index in [1.54, 1.807) is 38.1 Å². The van der Waals surface area contributed by atoms with Crippen LogP contribution in [0.15, 0.2) is 42.5 Å². The van der Waals surface area contributed by atoms with Gasteiger partial charge in [0, 0.05) is 24.9 Å². The number of rotatable bonds is 9. The second-order valence-corrected chi connectivity index (χ2v) is 7.09. The van der Waals surface area contributed by atoms with Gasteiger partial charge in [-0.15, -0.1) is 0 Å². The number of carbonyl (C=O) groups is 2. The highest BCUT2D eigenvalue weighted by Gasteiger charge is 2.26. The highest BCUT2D eigenvalue weighted by Crippen LogP contribution is 2.23. The van der Waals surface area contributed by atoms with E-state index in [-0.39, 0.29) is 29.0 Å². The van der Waals surface area contributed by atoms with Crippen molar-refractivity contribution >= 4 is 34.8 Å². The van der Waals surface area contributed by atoms with Crippen molar-refractivity contribution in [2.45, 2.75) is 19.9 Å². The molecule has 0 aliphatic carbocycles. The molecule has 2 amide bonds. The van der Waals surface area contributed by atoms with Crippen molar-refractivity contribution in [3.05, 3.63) is 63.2 Å². The lowest BCUT2D eigenvalue weighted by Gasteiger charge is -2.22. The highest BCUT2D eigenvalue weighted by molar-refractivity contribution is 6.34. The van der Waals surface area contributed by atoms with Gasteiger partial charge >= 0.3 is 0 Å². The number of benzene rings is 2. The van der Waals surface area contributed by atoms with E-state index in [1.165, 1.54) is 19.2 Å². The van der Waals surface area contributed by atoms with Gasteiger partial charge in [-0.25, -0.2) is 0 Å². The number of carbonyl (C=O) groups excluding carboxylic acids is 2. The summed E-state index contributed by atoms with van der Waals surface area (Å²) in [4.78, 5) is 35.5. The Labute approximate surface area is 178 Å². The smallest absolute Gasteiger partial charge is 0.270 e. The van der Waals surface area contributed by atoms with Crippen LogP contribution in [-0.2, 0) is 9.53 Å². The van der Waals surface area contributed by atoms with Crippen LogP contribution in [0, 0.1) is 16.0 Å². The van der Waals surface area contributed by atoms with Crippen LogP contribution in [0.4, 0.5) is 11.4 Å². The largest absolute Gasteiger partial charge is 0.468 e. The third kappa shape index (κ3) is 6.16. The lowest BCUT2D eigenvalue weighted by molar-refractivity contribution is -0.384. The van der Waals surface area contributed by atoms with Gasteiger partial charge in [-0.05, 0) is 36.2 Å². The van der Waals surface area contributed by atoms with Gasteiger partial charge < -0.3 is 20.1 Å². The third-order valence-corrected chi connectivity index (χ3v) is 4.42. The lowest BCUT2D eigenvalue weighted by Crippen LogP contribution is -2.47. The number of non-ortho nitro benzene ring substituents is 1. The van der Waals surface area contributed by atoms with E-state index in [0.29, 0.717) is 11.4 Å². The second kappa shape index (κ2) is 10.6. The summed E-state index contributed by atoms with van der Waals surface area (Å²) in [5.41, 5.74) is 0.339. The van der Waals surface area contributed by atoms with Crippen molar-refractivity contribution in [2.75, 3.05) is 19.2 Å². The van der Waals surface area contributed by atoms with Crippen LogP contribution in [0.5, 0.6) is 5.75 Å². The number of nitro groups is 1. The van der Waals surface area contributed by atoms with Crippen molar-refractivity contribution in [2.24, 2.45) is 5.92 Å². The number of nitrogens with one attached hydrogen (secondary N) is 2. The Morgan fingerprint density at radius 1 is 1.17 bits per heavy atom. The van der Waals surface area contributed by atoms with Gasteiger partial charge in [0.05, 0.1) is 15.5 Å². The van der Waals surface area contributed by atoms with E-state index in [0.717, 1.165) is 6.07 Å². The normalized spacial score (nSPS) is 11.6. The maximum absolute atomic E-state index is 12.7. The zero-order valence-electron chi connectivity index (χ0n) is 16.7. The van der Waals surface area contributed by atoms with Crippen LogP contribution in [-0.4, -0.2) is 36.7 Å². The van der Waals surface area contributed by atoms with E-state index in [9.17, 15) is 19.7 Å². The molecule has 0 bridgehead atoms. The van der Waals surface area contributed by atoms with Crippen molar-refractivity contribution in [3.8, 4) is 5.75 Å². The van der Waals surface area contributed by atoms with Crippen LogP contribution in [0.25, 0.3) is 0 Å². The Morgan fingerprint density at radius 3 is 2.37 bits per heavy atom. The number of halogens is 1. The first-order valence-corrected chi connectivity index (χ1v) is 9.38. The molecule has 0 aliphatic heterocycles. The number of amides is 2. The van der Waals surface area contributed by atoms with E-state index >= 15 is 0 Å². The standard InChI is InChI=1S/C20H22ClN3O6/c1-12(2)18(20(26)22-13-4-7-15(8-5-13)30-11-29-3)23-19(25)16-9-6-14(24(27)28)10-17(16)21/h4-10,12,18H,11H2,1-3H3,(H,22,26)(H,23,25)/t18-/m0/s1. The van der Waals surface area contributed by atoms with Crippen LogP contribution >= 0.6 is 11.6 Å². The third-order valence-electron chi connectivity index (χ3n) is 4.11. The van der Waals surface area contributed by atoms with E-state index < -0.39 is 22.8 Å². The second-order valence-electron chi connectivity index (χ2n) is 6.68. The fourth-order valence-electron chi connectivity index (χ4n) is 2.54. The molecule has 0 aliphatic rings. The summed E-state index contributed by atoms with van der Waals surface area (Å²) in [7, 11) is 1.51. The predicted molar refractivity (Wildman–Crippen MR) is 112 cm³/mol. The molecule has 0 aromatic heterocycles. The Morgan fingerprint density at radius 2 is 1.83 bits per heavy atom. The average Bonchev–Trinajstić information content (AvgIpc) is 2.70. The first kappa shape index (κ1) is 23.1. The molecule has 0 fully saturated rings. The SMILES string of the molecule is COCOc1ccc(NC(=O)[C@@H](NC(=O)c2ccc([N+](=O)[O-])cc2Cl)C(C)C)cc1. The molecule has 1 atom stereocenters. The predicted octanol–water partition coefficient (Wildman–Crippen LogP) is 3.62. The lowest BCUT2D eigenvalue weighted by atomic mass is 10.0. The number of nitrogens with zero attached hydrogens (tertiary/aromatic N) is 1. The van der Waals surface area contributed by atoms with Gasteiger partial charge in [0.15, 0.2) is 6.79 Å². The van der Waals surface area contributed by atoms with Gasteiger partial charge in [0.1, 0.15) is 11.8 Å². The van der Waals surface area contributed by atoms with E-state index in [4.69, 9.17) is 21.1 Å². The van der Waals surface area contributed by atoms with E-state index in [2.05, 4.69) is 10.6 Å². The maximum atomic E-state index is 12.7. The van der Waals surface area contributed by atoms with Gasteiger partial charge in [0.2, 0.25) is 5.91 Å². The summed E-state index contributed by atoms with van der Waals surface area (Å²) in [5, 5.41) is 16.1. The molecular weight excluding hydrogens is 414 g/mol. The molecule has 0 saturated heterocycles. The molecule has 30 heavy (non-hydrogen) atoms. The summed E-state index contributed by atoms with van der Waals surface area (Å²) >= 11 is 6.01. The summed E-state index contributed by atoms with van der Waals surface area (Å²) < 4.78 is 10.1. The van der Waals surface area contributed by atoms with Crippen molar-refractivity contribution in [3.63, 3.8) is 0 Å². The molecule has 0 saturated carbocycles. The molecular formula is C20H22ClN3O6. The first-order valence-electron chi connectivity index (χ1n) is 9.00. The Hall–Kier alpha value is -3.17. The molecule has 2 rings (SSSR count). The van der Waals surface area contributed by atoms with E-state index in [1.807, 2.05) is 0 Å². The van der Waals surface area contributed by atoms with Gasteiger partial charge in [0.25, 0.3) is 11.6 Å². The summed E-state index contributed by atoms with van der Waals surface area (Å²) in [6, 6.07) is 9.34. The number of ether oxygens (including phenoxy) is 2. The molecule has 160 valence electrons. The van der Waals surface area contributed by atoms with Crippen molar-refractivity contribution < 1.29 is 24.0 Å².